The van der Waals surface area contributed by atoms with Gasteiger partial charge in [-0.1, -0.05) is 0 Å². The van der Waals surface area contributed by atoms with Crippen LogP contribution in [0, 0.1) is 0 Å². The molecule has 1 aliphatic heterocycles. The Kier molecular flexibility index (Phi) is 4.07. The molecule has 118 valence electrons. The van der Waals surface area contributed by atoms with Crippen LogP contribution in [0.1, 0.15) is 17.3 Å². The summed E-state index contributed by atoms with van der Waals surface area (Å²) in [6.07, 6.45) is -4.91. The van der Waals surface area contributed by atoms with Gasteiger partial charge in [-0.2, -0.15) is 0 Å². The zero-order valence-corrected chi connectivity index (χ0v) is 11.3. The molecule has 1 aromatic rings. The Bertz CT molecular complexity index is 641. The average molecular weight is 317 g/mol. The third-order valence-electron chi connectivity index (χ3n) is 2.77. The number of ketones is 1. The van der Waals surface area contributed by atoms with Gasteiger partial charge in [0.15, 0.2) is 0 Å². The van der Waals surface area contributed by atoms with E-state index in [0.717, 1.165) is 23.1 Å². The summed E-state index contributed by atoms with van der Waals surface area (Å²) in [6.45, 7) is 1.18. The van der Waals surface area contributed by atoms with Crippen molar-refractivity contribution in [2.75, 3.05) is 18.1 Å². The summed E-state index contributed by atoms with van der Waals surface area (Å²) in [5.74, 6) is -3.36. The van der Waals surface area contributed by atoms with E-state index in [4.69, 9.17) is 0 Å². The Morgan fingerprint density at radius 3 is 2.55 bits per heavy atom. The van der Waals surface area contributed by atoms with Crippen molar-refractivity contribution >= 4 is 23.3 Å². The molecular weight excluding hydrogens is 307 g/mol. The highest BCUT2D eigenvalue weighted by Gasteiger charge is 2.38. The fourth-order valence-electron chi connectivity index (χ4n) is 1.97. The molecule has 1 aliphatic rings. The lowest BCUT2D eigenvalue weighted by atomic mass is 10.1. The number of alkyl halides is 3. The van der Waals surface area contributed by atoms with Gasteiger partial charge >= 0.3 is 12.3 Å². The second-order valence-electron chi connectivity index (χ2n) is 4.25. The van der Waals surface area contributed by atoms with E-state index in [1.807, 2.05) is 0 Å². The van der Waals surface area contributed by atoms with E-state index < -0.39 is 36.3 Å². The van der Waals surface area contributed by atoms with Crippen molar-refractivity contribution < 1.29 is 37.0 Å². The summed E-state index contributed by atoms with van der Waals surface area (Å²) in [5.41, 5.74) is -0.214. The van der Waals surface area contributed by atoms with Crippen LogP contribution in [0.3, 0.4) is 0 Å². The molecule has 0 unspecified atom stereocenters. The Morgan fingerprint density at radius 1 is 1.27 bits per heavy atom. The number of amides is 1. The highest BCUT2D eigenvalue weighted by atomic mass is 19.4. The van der Waals surface area contributed by atoms with Crippen molar-refractivity contribution in [1.82, 2.24) is 0 Å². The van der Waals surface area contributed by atoms with Crippen molar-refractivity contribution in [2.24, 2.45) is 0 Å². The van der Waals surface area contributed by atoms with Crippen LogP contribution >= 0.6 is 0 Å². The molecule has 0 bridgehead atoms. The number of anilines is 1. The van der Waals surface area contributed by atoms with Crippen molar-refractivity contribution in [3.05, 3.63) is 23.8 Å². The Balaban J connectivity index is 2.29. The molecule has 1 amide bonds. The Hall–Kier alpha value is -2.58. The zero-order chi connectivity index (χ0) is 16.5. The van der Waals surface area contributed by atoms with Crippen LogP contribution in [0.5, 0.6) is 5.75 Å². The lowest BCUT2D eigenvalue weighted by Crippen LogP contribution is -2.35. The van der Waals surface area contributed by atoms with Crippen molar-refractivity contribution in [2.45, 2.75) is 13.3 Å². The molecule has 0 N–H and O–H groups in total. The van der Waals surface area contributed by atoms with Gasteiger partial charge in [0, 0.05) is 0 Å². The molecule has 22 heavy (non-hydrogen) atoms. The third kappa shape index (κ3) is 3.18. The average Bonchev–Trinajstić information content (AvgIpc) is 2.62. The zero-order valence-electron chi connectivity index (χ0n) is 11.3. The molecule has 0 radical (unpaired) electrons. The minimum absolute atomic E-state index is 0.0394. The molecule has 0 aliphatic carbocycles. The first-order chi connectivity index (χ1) is 10.2. The topological polar surface area (TPSA) is 72.9 Å². The summed E-state index contributed by atoms with van der Waals surface area (Å²) in [5, 5.41) is 0. The molecule has 0 aromatic heterocycles. The van der Waals surface area contributed by atoms with Gasteiger partial charge in [0.1, 0.15) is 12.3 Å². The summed E-state index contributed by atoms with van der Waals surface area (Å²) >= 11 is 0. The van der Waals surface area contributed by atoms with Gasteiger partial charge < -0.3 is 9.47 Å². The third-order valence-corrected chi connectivity index (χ3v) is 2.77. The number of fused-ring (bicyclic) bond motifs is 1. The second kappa shape index (κ2) is 5.66. The van der Waals surface area contributed by atoms with Crippen LogP contribution in [0.15, 0.2) is 18.2 Å². The van der Waals surface area contributed by atoms with Crippen LogP contribution in [-0.2, 0) is 14.3 Å². The maximum atomic E-state index is 12.2. The first-order valence-electron chi connectivity index (χ1n) is 6.14. The summed E-state index contributed by atoms with van der Waals surface area (Å²) < 4.78 is 44.8. The fourth-order valence-corrected chi connectivity index (χ4v) is 1.97. The number of hydrogen-bond acceptors (Lipinski definition) is 5. The molecule has 0 spiro atoms. The molecule has 0 saturated carbocycles. The number of nitrogens with zero attached hydrogens (tertiary/aromatic N) is 1. The molecule has 0 atom stereocenters. The van der Waals surface area contributed by atoms with E-state index in [-0.39, 0.29) is 17.9 Å². The lowest BCUT2D eigenvalue weighted by Gasteiger charge is -2.15. The minimum Gasteiger partial charge on any atom is -0.465 e. The van der Waals surface area contributed by atoms with E-state index in [1.54, 1.807) is 6.92 Å². The number of Topliss-reactive ketones (excluding diaryl/α,β-unsaturated/α-hetero) is 1. The van der Waals surface area contributed by atoms with E-state index in [0.29, 0.717) is 0 Å². The van der Waals surface area contributed by atoms with E-state index in [9.17, 15) is 27.6 Å². The van der Waals surface area contributed by atoms with Gasteiger partial charge in [0.25, 0.3) is 11.7 Å². The lowest BCUT2D eigenvalue weighted by molar-refractivity contribution is -0.274. The number of carbonyl (C=O) groups excluding carboxylic acids is 3. The smallest absolute Gasteiger partial charge is 0.465 e. The number of esters is 1. The second-order valence-corrected chi connectivity index (χ2v) is 4.25. The number of carbonyl (C=O) groups is 3. The van der Waals surface area contributed by atoms with Crippen molar-refractivity contribution in [3.8, 4) is 5.75 Å². The number of halogens is 3. The largest absolute Gasteiger partial charge is 0.573 e. The van der Waals surface area contributed by atoms with E-state index in [1.165, 1.54) is 0 Å². The van der Waals surface area contributed by atoms with Crippen LogP contribution in [0.2, 0.25) is 0 Å². The molecular formula is C13H10F3NO5. The highest BCUT2D eigenvalue weighted by molar-refractivity contribution is 6.52. The predicted molar refractivity (Wildman–Crippen MR) is 66.4 cm³/mol. The van der Waals surface area contributed by atoms with Crippen LogP contribution in [0.25, 0.3) is 0 Å². The summed E-state index contributed by atoms with van der Waals surface area (Å²) in [6, 6.07) is 2.88. The highest BCUT2D eigenvalue weighted by Crippen LogP contribution is 2.33. The minimum atomic E-state index is -4.91. The summed E-state index contributed by atoms with van der Waals surface area (Å²) in [7, 11) is 0. The van der Waals surface area contributed by atoms with Crippen LogP contribution in [-0.4, -0.2) is 37.2 Å². The molecule has 1 aromatic carbocycles. The maximum absolute atomic E-state index is 12.2. The Labute approximate surface area is 122 Å². The van der Waals surface area contributed by atoms with Gasteiger partial charge in [0.05, 0.1) is 17.9 Å². The van der Waals surface area contributed by atoms with E-state index in [2.05, 4.69) is 9.47 Å². The molecule has 6 nitrogen and oxygen atoms in total. The quantitative estimate of drug-likeness (QED) is 0.624. The maximum Gasteiger partial charge on any atom is 0.573 e. The standard InChI is InChI=1S/C13H10F3NO5/c1-2-21-10(18)6-17-9-4-3-7(22-13(14,15)16)5-8(9)11(19)12(17)20/h3-5H,2,6H2,1H3. The van der Waals surface area contributed by atoms with Crippen molar-refractivity contribution in [3.63, 3.8) is 0 Å². The van der Waals surface area contributed by atoms with Gasteiger partial charge in [-0.05, 0) is 25.1 Å². The van der Waals surface area contributed by atoms with Gasteiger partial charge in [-0.25, -0.2) is 0 Å². The van der Waals surface area contributed by atoms with Crippen LogP contribution in [0.4, 0.5) is 18.9 Å². The normalized spacial score (nSPS) is 14.1. The number of hydrogen-bond donors (Lipinski definition) is 0. The van der Waals surface area contributed by atoms with Gasteiger partial charge in [-0.3, -0.25) is 19.3 Å². The molecule has 0 fully saturated rings. The van der Waals surface area contributed by atoms with E-state index >= 15 is 0 Å². The number of benzene rings is 1. The Morgan fingerprint density at radius 2 is 1.95 bits per heavy atom. The SMILES string of the molecule is CCOC(=O)CN1C(=O)C(=O)c2cc(OC(F)(F)F)ccc21. The molecule has 2 rings (SSSR count). The number of ether oxygens (including phenoxy) is 2. The predicted octanol–water partition coefficient (Wildman–Crippen LogP) is 1.68. The fraction of sp³-hybridized carbons (Fsp3) is 0.308. The summed E-state index contributed by atoms with van der Waals surface area (Å²) in [4.78, 5) is 35.9. The first-order valence-corrected chi connectivity index (χ1v) is 6.14. The van der Waals surface area contributed by atoms with Gasteiger partial charge in [0.2, 0.25) is 0 Å². The first kappa shape index (κ1) is 15.8. The van der Waals surface area contributed by atoms with Crippen molar-refractivity contribution in [1.29, 1.82) is 0 Å². The molecule has 0 saturated heterocycles. The number of rotatable bonds is 4. The van der Waals surface area contributed by atoms with Gasteiger partial charge in [-0.15, -0.1) is 13.2 Å². The van der Waals surface area contributed by atoms with Crippen LogP contribution < -0.4 is 9.64 Å². The monoisotopic (exact) mass is 317 g/mol. The molecule has 1 heterocycles. The molecule has 9 heteroatoms.